The van der Waals surface area contributed by atoms with Gasteiger partial charge in [0.2, 0.25) is 17.6 Å². The number of carbonyl (C=O) groups excluding carboxylic acids is 1. The molecule has 0 spiro atoms. The highest BCUT2D eigenvalue weighted by Crippen LogP contribution is 2.31. The van der Waals surface area contributed by atoms with Crippen LogP contribution in [0.2, 0.25) is 5.02 Å². The van der Waals surface area contributed by atoms with Crippen molar-refractivity contribution in [2.24, 2.45) is 5.92 Å². The lowest BCUT2D eigenvalue weighted by Gasteiger charge is -2.34. The van der Waals surface area contributed by atoms with E-state index in [0.29, 0.717) is 23.3 Å². The Morgan fingerprint density at radius 3 is 2.97 bits per heavy atom. The van der Waals surface area contributed by atoms with Crippen molar-refractivity contribution in [2.45, 2.75) is 38.0 Å². The molecule has 3 heterocycles. The molecule has 2 aromatic heterocycles. The zero-order valence-electron chi connectivity index (χ0n) is 16.0. The van der Waals surface area contributed by atoms with Crippen molar-refractivity contribution in [3.8, 4) is 11.4 Å². The van der Waals surface area contributed by atoms with E-state index in [0.717, 1.165) is 49.9 Å². The molecule has 5 rings (SSSR count). The second-order valence-corrected chi connectivity index (χ2v) is 8.34. The summed E-state index contributed by atoms with van der Waals surface area (Å²) in [6, 6.07) is 7.37. The van der Waals surface area contributed by atoms with Crippen molar-refractivity contribution in [3.63, 3.8) is 0 Å². The fraction of sp³-hybridized carbons (Fsp3) is 0.429. The van der Waals surface area contributed by atoms with E-state index in [1.54, 1.807) is 0 Å². The molecule has 0 saturated carbocycles. The topological polar surface area (TPSA) is 87.9 Å². The number of piperidine rings is 1. The van der Waals surface area contributed by atoms with Crippen LogP contribution in [0, 0.1) is 5.92 Å². The first kappa shape index (κ1) is 18.4. The predicted octanol–water partition coefficient (Wildman–Crippen LogP) is 3.62. The zero-order valence-corrected chi connectivity index (χ0v) is 16.7. The minimum absolute atomic E-state index is 0.0222. The van der Waals surface area contributed by atoms with Crippen molar-refractivity contribution >= 4 is 17.5 Å². The van der Waals surface area contributed by atoms with E-state index in [9.17, 15) is 4.79 Å². The molecular weight excluding hydrogens is 390 g/mol. The summed E-state index contributed by atoms with van der Waals surface area (Å²) >= 11 is 5.95. The minimum atomic E-state index is 0.0222. The molecule has 29 heavy (non-hydrogen) atoms. The second kappa shape index (κ2) is 7.63. The van der Waals surface area contributed by atoms with Crippen LogP contribution in [0.25, 0.3) is 11.4 Å². The molecule has 7 nitrogen and oxygen atoms in total. The van der Waals surface area contributed by atoms with Crippen molar-refractivity contribution in [1.29, 1.82) is 0 Å². The SMILES string of the molecule is O=C(C1CCc2cn[nH]c2C1)N1CCCC(c2nc(-c3ccc(Cl)cc3)no2)C1. The molecule has 3 aromatic rings. The normalized spacial score (nSPS) is 21.8. The lowest BCUT2D eigenvalue weighted by atomic mass is 9.86. The second-order valence-electron chi connectivity index (χ2n) is 7.90. The molecule has 1 saturated heterocycles. The van der Waals surface area contributed by atoms with Gasteiger partial charge < -0.3 is 9.42 Å². The quantitative estimate of drug-likeness (QED) is 0.711. The maximum absolute atomic E-state index is 13.1. The van der Waals surface area contributed by atoms with Gasteiger partial charge in [-0.1, -0.05) is 16.8 Å². The van der Waals surface area contributed by atoms with Crippen LogP contribution in [-0.2, 0) is 17.6 Å². The van der Waals surface area contributed by atoms with Crippen LogP contribution in [0.15, 0.2) is 35.0 Å². The van der Waals surface area contributed by atoms with Crippen molar-refractivity contribution in [2.75, 3.05) is 13.1 Å². The highest BCUT2D eigenvalue weighted by atomic mass is 35.5. The number of rotatable bonds is 3. The summed E-state index contributed by atoms with van der Waals surface area (Å²) in [5.74, 6) is 1.49. The van der Waals surface area contributed by atoms with Crippen molar-refractivity contribution in [3.05, 3.63) is 52.6 Å². The van der Waals surface area contributed by atoms with Crippen LogP contribution >= 0.6 is 11.6 Å². The van der Waals surface area contributed by atoms with Gasteiger partial charge >= 0.3 is 0 Å². The van der Waals surface area contributed by atoms with Gasteiger partial charge in [0.15, 0.2) is 0 Å². The number of likely N-dealkylation sites (tertiary alicyclic amines) is 1. The number of nitrogens with zero attached hydrogens (tertiary/aromatic N) is 4. The van der Waals surface area contributed by atoms with Gasteiger partial charge in [-0.05, 0) is 55.5 Å². The number of carbonyl (C=O) groups is 1. The van der Waals surface area contributed by atoms with Crippen molar-refractivity contribution in [1.82, 2.24) is 25.2 Å². The molecule has 8 heteroatoms. The number of fused-ring (bicyclic) bond motifs is 1. The molecule has 2 atom stereocenters. The van der Waals surface area contributed by atoms with E-state index >= 15 is 0 Å². The fourth-order valence-electron chi connectivity index (χ4n) is 4.37. The molecule has 1 amide bonds. The molecule has 0 radical (unpaired) electrons. The number of H-pyrrole nitrogens is 1. The lowest BCUT2D eigenvalue weighted by molar-refractivity contribution is -0.137. The first-order valence-electron chi connectivity index (χ1n) is 10.1. The standard InChI is InChI=1S/C21H22ClN5O2/c22-17-7-5-13(6-8-17)19-24-20(29-26-19)16-2-1-9-27(12-16)21(28)14-3-4-15-11-23-25-18(15)10-14/h5-8,11,14,16H,1-4,9-10,12H2,(H,23,25). The highest BCUT2D eigenvalue weighted by Gasteiger charge is 2.34. The van der Waals surface area contributed by atoms with E-state index in [4.69, 9.17) is 16.1 Å². The maximum Gasteiger partial charge on any atom is 0.231 e. The summed E-state index contributed by atoms with van der Waals surface area (Å²) in [6.45, 7) is 1.42. The summed E-state index contributed by atoms with van der Waals surface area (Å²) in [6.07, 6.45) is 6.30. The molecule has 1 aromatic carbocycles. The van der Waals surface area contributed by atoms with Gasteiger partial charge in [0.1, 0.15) is 0 Å². The van der Waals surface area contributed by atoms with E-state index in [1.807, 2.05) is 35.4 Å². The Bertz CT molecular complexity index is 1010. The number of aromatic amines is 1. The molecule has 1 fully saturated rings. The Balaban J connectivity index is 1.27. The predicted molar refractivity (Wildman–Crippen MR) is 107 cm³/mol. The fourth-order valence-corrected chi connectivity index (χ4v) is 4.50. The first-order valence-corrected chi connectivity index (χ1v) is 10.4. The van der Waals surface area contributed by atoms with E-state index in [2.05, 4.69) is 20.3 Å². The number of nitrogens with one attached hydrogen (secondary N) is 1. The van der Waals surface area contributed by atoms with Gasteiger partial charge in [0, 0.05) is 41.7 Å². The third-order valence-corrected chi connectivity index (χ3v) is 6.25. The maximum atomic E-state index is 13.1. The van der Waals surface area contributed by atoms with E-state index in [1.165, 1.54) is 5.56 Å². The Morgan fingerprint density at radius 2 is 2.10 bits per heavy atom. The third-order valence-electron chi connectivity index (χ3n) is 6.00. The Kier molecular flexibility index (Phi) is 4.83. The lowest BCUT2D eigenvalue weighted by Crippen LogP contribution is -2.43. The highest BCUT2D eigenvalue weighted by molar-refractivity contribution is 6.30. The Morgan fingerprint density at radius 1 is 1.24 bits per heavy atom. The monoisotopic (exact) mass is 411 g/mol. The van der Waals surface area contributed by atoms with Crippen LogP contribution in [0.1, 0.15) is 42.3 Å². The Hall–Kier alpha value is -2.67. The number of hydrogen-bond donors (Lipinski definition) is 1. The summed E-state index contributed by atoms with van der Waals surface area (Å²) in [5, 5.41) is 11.9. The number of benzene rings is 1. The summed E-state index contributed by atoms with van der Waals surface area (Å²) in [5.41, 5.74) is 3.21. The average molecular weight is 412 g/mol. The van der Waals surface area contributed by atoms with Crippen LogP contribution in [0.3, 0.4) is 0 Å². The Labute approximate surface area is 173 Å². The van der Waals surface area contributed by atoms with Crippen LogP contribution < -0.4 is 0 Å². The van der Waals surface area contributed by atoms with Gasteiger partial charge in [0.05, 0.1) is 12.1 Å². The van der Waals surface area contributed by atoms with Crippen LogP contribution in [-0.4, -0.2) is 44.2 Å². The van der Waals surface area contributed by atoms with Gasteiger partial charge in [-0.15, -0.1) is 0 Å². The molecule has 1 aliphatic heterocycles. The van der Waals surface area contributed by atoms with Crippen LogP contribution in [0.5, 0.6) is 0 Å². The smallest absolute Gasteiger partial charge is 0.231 e. The first-order chi connectivity index (χ1) is 14.2. The largest absolute Gasteiger partial charge is 0.342 e. The zero-order chi connectivity index (χ0) is 19.8. The summed E-state index contributed by atoms with van der Waals surface area (Å²) in [7, 11) is 0. The van der Waals surface area contributed by atoms with Crippen molar-refractivity contribution < 1.29 is 9.32 Å². The number of amides is 1. The number of aryl methyl sites for hydroxylation is 1. The number of hydrogen-bond acceptors (Lipinski definition) is 5. The molecule has 2 aliphatic rings. The molecule has 1 N–H and O–H groups in total. The van der Waals surface area contributed by atoms with Gasteiger partial charge in [-0.25, -0.2) is 0 Å². The third kappa shape index (κ3) is 3.67. The van der Waals surface area contributed by atoms with E-state index < -0.39 is 0 Å². The number of halogens is 1. The van der Waals surface area contributed by atoms with Gasteiger partial charge in [-0.3, -0.25) is 9.89 Å². The number of aromatic nitrogens is 4. The van der Waals surface area contributed by atoms with Gasteiger partial charge in [0.25, 0.3) is 0 Å². The average Bonchev–Trinajstić information content (AvgIpc) is 3.43. The van der Waals surface area contributed by atoms with E-state index in [-0.39, 0.29) is 17.7 Å². The molecule has 1 aliphatic carbocycles. The molecular formula is C21H22ClN5O2. The summed E-state index contributed by atoms with van der Waals surface area (Å²) < 4.78 is 5.55. The van der Waals surface area contributed by atoms with Crippen LogP contribution in [0.4, 0.5) is 0 Å². The minimum Gasteiger partial charge on any atom is -0.342 e. The summed E-state index contributed by atoms with van der Waals surface area (Å²) in [4.78, 5) is 19.7. The van der Waals surface area contributed by atoms with Gasteiger partial charge in [-0.2, -0.15) is 10.1 Å². The molecule has 2 unspecified atom stereocenters. The molecule has 150 valence electrons. The molecule has 0 bridgehead atoms.